The van der Waals surface area contributed by atoms with E-state index in [4.69, 9.17) is 11.2 Å². The van der Waals surface area contributed by atoms with E-state index in [9.17, 15) is 19.5 Å². The van der Waals surface area contributed by atoms with Crippen molar-refractivity contribution < 1.29 is 24.2 Å². The number of hydrogen-bond donors (Lipinski definition) is 3. The predicted octanol–water partition coefficient (Wildman–Crippen LogP) is 1.97. The summed E-state index contributed by atoms with van der Waals surface area (Å²) in [6, 6.07) is 4.34. The Bertz CT molecular complexity index is 823. The van der Waals surface area contributed by atoms with E-state index in [1.54, 1.807) is 65.8 Å². The van der Waals surface area contributed by atoms with Gasteiger partial charge >= 0.3 is 6.09 Å². The van der Waals surface area contributed by atoms with Gasteiger partial charge in [-0.2, -0.15) is 0 Å². The number of nitrogens with zero attached hydrogens (tertiary/aromatic N) is 1. The van der Waals surface area contributed by atoms with Crippen LogP contribution in [0.15, 0.2) is 24.3 Å². The number of rotatable bonds is 8. The van der Waals surface area contributed by atoms with Crippen LogP contribution in [0.1, 0.15) is 58.7 Å². The molecule has 1 rings (SSSR count). The average Bonchev–Trinajstić information content (AvgIpc) is 2.67. The maximum Gasteiger partial charge on any atom is 0.408 e. The normalized spacial score (nSPS) is 13.0. The van der Waals surface area contributed by atoms with Gasteiger partial charge in [0.15, 0.2) is 0 Å². The lowest BCUT2D eigenvalue weighted by atomic mass is 9.97. The van der Waals surface area contributed by atoms with E-state index in [2.05, 4.69) is 16.6 Å². The van der Waals surface area contributed by atoms with Gasteiger partial charge in [0.25, 0.3) is 0 Å². The number of benzene rings is 1. The van der Waals surface area contributed by atoms with Crippen LogP contribution < -0.4 is 10.6 Å². The van der Waals surface area contributed by atoms with Gasteiger partial charge in [0.1, 0.15) is 17.7 Å². The summed E-state index contributed by atoms with van der Waals surface area (Å²) in [5.74, 6) is 1.50. The first-order valence-corrected chi connectivity index (χ1v) is 10.2. The minimum absolute atomic E-state index is 0.139. The Kier molecular flexibility index (Phi) is 9.53. The molecule has 3 N–H and O–H groups in total. The second-order valence-electron chi connectivity index (χ2n) is 8.30. The summed E-state index contributed by atoms with van der Waals surface area (Å²) >= 11 is 0. The van der Waals surface area contributed by atoms with Gasteiger partial charge in [-0.1, -0.05) is 24.1 Å². The van der Waals surface area contributed by atoms with Crippen molar-refractivity contribution in [3.63, 3.8) is 0 Å². The summed E-state index contributed by atoms with van der Waals surface area (Å²) in [6.07, 6.45) is 4.78. The third kappa shape index (κ3) is 7.61. The Hall–Kier alpha value is -3.05. The topological polar surface area (TPSA) is 108 Å². The fourth-order valence-corrected chi connectivity index (χ4v) is 2.98. The number of carbonyl (C=O) groups excluding carboxylic acids is 3. The number of alkyl carbamates (subject to hydrolysis) is 1. The molecule has 0 aliphatic carbocycles. The number of carbonyl (C=O) groups is 3. The minimum atomic E-state index is -1.29. The molecule has 3 amide bonds. The zero-order valence-corrected chi connectivity index (χ0v) is 19.1. The van der Waals surface area contributed by atoms with Gasteiger partial charge in [-0.05, 0) is 53.2 Å². The van der Waals surface area contributed by atoms with Gasteiger partial charge < -0.3 is 25.4 Å². The molecule has 0 saturated carbocycles. The van der Waals surface area contributed by atoms with E-state index in [1.165, 1.54) is 4.90 Å². The van der Waals surface area contributed by atoms with Crippen LogP contribution in [0.4, 0.5) is 4.79 Å². The van der Waals surface area contributed by atoms with Crippen LogP contribution in [0.5, 0.6) is 0 Å². The smallest absolute Gasteiger partial charge is 0.408 e. The molecule has 0 aliphatic rings. The molecule has 0 fully saturated rings. The molecule has 0 spiro atoms. The first-order chi connectivity index (χ1) is 14.4. The molecule has 2 unspecified atom stereocenters. The molecule has 170 valence electrons. The summed E-state index contributed by atoms with van der Waals surface area (Å²) in [5.41, 5.74) is 0.175. The molecule has 31 heavy (non-hydrogen) atoms. The molecule has 0 aromatic heterocycles. The lowest BCUT2D eigenvalue weighted by Gasteiger charge is -2.34. The number of hydrogen-bond acceptors (Lipinski definition) is 5. The fourth-order valence-electron chi connectivity index (χ4n) is 2.98. The fraction of sp³-hybridized carbons (Fsp3) is 0.522. The van der Waals surface area contributed by atoms with Crippen LogP contribution in [-0.4, -0.2) is 58.8 Å². The van der Waals surface area contributed by atoms with Crippen molar-refractivity contribution in [3.05, 3.63) is 35.4 Å². The van der Waals surface area contributed by atoms with Crippen LogP contribution in [0.3, 0.4) is 0 Å². The number of nitrogens with one attached hydrogen (secondary N) is 2. The molecule has 0 aliphatic heterocycles. The minimum Gasteiger partial charge on any atom is -0.444 e. The van der Waals surface area contributed by atoms with Gasteiger partial charge in [-0.15, -0.1) is 6.42 Å². The van der Waals surface area contributed by atoms with Gasteiger partial charge in [-0.3, -0.25) is 9.59 Å². The van der Waals surface area contributed by atoms with Gasteiger partial charge in [0.05, 0.1) is 6.61 Å². The number of likely N-dealkylation sites (N-methyl/N-ethyl adjacent to an activating group) is 1. The second-order valence-corrected chi connectivity index (χ2v) is 8.30. The summed E-state index contributed by atoms with van der Waals surface area (Å²) < 4.78 is 5.18. The molecule has 2 atom stereocenters. The van der Waals surface area contributed by atoms with E-state index in [0.29, 0.717) is 11.1 Å². The molecular weight excluding hydrogens is 398 g/mol. The molecule has 0 bridgehead atoms. The Morgan fingerprint density at radius 1 is 1.19 bits per heavy atom. The van der Waals surface area contributed by atoms with Gasteiger partial charge in [0.2, 0.25) is 11.8 Å². The number of terminal acetylenes is 1. The van der Waals surface area contributed by atoms with Crippen LogP contribution in [0.2, 0.25) is 0 Å². The van der Waals surface area contributed by atoms with E-state index >= 15 is 0 Å². The Morgan fingerprint density at radius 2 is 1.81 bits per heavy atom. The highest BCUT2D eigenvalue weighted by Crippen LogP contribution is 2.25. The zero-order chi connectivity index (χ0) is 23.8. The molecule has 0 saturated heterocycles. The van der Waals surface area contributed by atoms with Crippen molar-refractivity contribution in [2.45, 2.75) is 65.3 Å². The molecule has 0 radical (unpaired) electrons. The standard InChI is InChI=1S/C23H33N3O5/c1-8-16-12-10-11-13-17(16)19(20(28)24-15(3)4)26(9-2)21(29)18(14-27)25-22(30)31-23(5,6)7/h1,10-13,15,18-19,27H,9,14H2,2-7H3,(H,24,28)(H,25,30). The average molecular weight is 432 g/mol. The van der Waals surface area contributed by atoms with E-state index in [0.717, 1.165) is 0 Å². The highest BCUT2D eigenvalue weighted by atomic mass is 16.6. The molecule has 1 aromatic carbocycles. The monoisotopic (exact) mass is 431 g/mol. The number of aliphatic hydroxyl groups excluding tert-OH is 1. The Morgan fingerprint density at radius 3 is 2.29 bits per heavy atom. The van der Waals surface area contributed by atoms with E-state index in [1.807, 2.05) is 0 Å². The van der Waals surface area contributed by atoms with Crippen LogP contribution in [0, 0.1) is 12.3 Å². The number of ether oxygens (including phenoxy) is 1. The van der Waals surface area contributed by atoms with Crippen molar-refractivity contribution in [2.24, 2.45) is 0 Å². The van der Waals surface area contributed by atoms with Crippen molar-refractivity contribution in [1.82, 2.24) is 15.5 Å². The van der Waals surface area contributed by atoms with Crippen molar-refractivity contribution >= 4 is 17.9 Å². The number of aliphatic hydroxyl groups is 1. The lowest BCUT2D eigenvalue weighted by Crippen LogP contribution is -2.54. The zero-order valence-electron chi connectivity index (χ0n) is 19.1. The summed E-state index contributed by atoms with van der Waals surface area (Å²) in [5, 5.41) is 15.0. The van der Waals surface area contributed by atoms with Crippen LogP contribution in [0.25, 0.3) is 0 Å². The van der Waals surface area contributed by atoms with E-state index < -0.39 is 42.2 Å². The summed E-state index contributed by atoms with van der Waals surface area (Å²) in [6.45, 7) is 9.84. The largest absolute Gasteiger partial charge is 0.444 e. The molecule has 8 heteroatoms. The lowest BCUT2D eigenvalue weighted by molar-refractivity contribution is -0.143. The van der Waals surface area contributed by atoms with Crippen molar-refractivity contribution in [2.75, 3.05) is 13.2 Å². The summed E-state index contributed by atoms with van der Waals surface area (Å²) in [7, 11) is 0. The maximum absolute atomic E-state index is 13.3. The Balaban J connectivity index is 3.33. The third-order valence-electron chi connectivity index (χ3n) is 4.20. The highest BCUT2D eigenvalue weighted by Gasteiger charge is 2.36. The molecule has 0 heterocycles. The van der Waals surface area contributed by atoms with Crippen LogP contribution in [-0.2, 0) is 14.3 Å². The molecule has 8 nitrogen and oxygen atoms in total. The van der Waals surface area contributed by atoms with Crippen molar-refractivity contribution in [1.29, 1.82) is 0 Å². The first-order valence-electron chi connectivity index (χ1n) is 10.2. The maximum atomic E-state index is 13.3. The third-order valence-corrected chi connectivity index (χ3v) is 4.20. The second kappa shape index (κ2) is 11.4. The number of amides is 3. The highest BCUT2D eigenvalue weighted by molar-refractivity contribution is 5.92. The summed E-state index contributed by atoms with van der Waals surface area (Å²) in [4.78, 5) is 39.8. The van der Waals surface area contributed by atoms with E-state index in [-0.39, 0.29) is 12.6 Å². The molecular formula is C23H33N3O5. The molecule has 1 aromatic rings. The predicted molar refractivity (Wildman–Crippen MR) is 118 cm³/mol. The first kappa shape index (κ1) is 26.0. The Labute approximate surface area is 184 Å². The quantitative estimate of drug-likeness (QED) is 0.546. The van der Waals surface area contributed by atoms with Crippen molar-refractivity contribution in [3.8, 4) is 12.3 Å². The van der Waals surface area contributed by atoms with Gasteiger partial charge in [0, 0.05) is 18.2 Å². The SMILES string of the molecule is C#Cc1ccccc1C(C(=O)NC(C)C)N(CC)C(=O)C(CO)NC(=O)OC(C)(C)C. The van der Waals surface area contributed by atoms with Crippen LogP contribution >= 0.6 is 0 Å². The van der Waals surface area contributed by atoms with Gasteiger partial charge in [-0.25, -0.2) is 4.79 Å².